The van der Waals surface area contributed by atoms with Crippen LogP contribution in [0.5, 0.6) is 0 Å². The number of anilines is 1. The summed E-state index contributed by atoms with van der Waals surface area (Å²) in [6, 6.07) is 2.85. The highest BCUT2D eigenvalue weighted by Gasteiger charge is 2.13. The number of nitrogens with one attached hydrogen (secondary N) is 1. The minimum atomic E-state index is -0.433. The van der Waals surface area contributed by atoms with E-state index in [9.17, 15) is 10.1 Å². The highest BCUT2D eigenvalue weighted by Crippen LogP contribution is 2.31. The lowest BCUT2D eigenvalue weighted by atomic mass is 10.4. The van der Waals surface area contributed by atoms with Gasteiger partial charge in [0.1, 0.15) is 16.7 Å². The van der Waals surface area contributed by atoms with Crippen molar-refractivity contribution < 1.29 is 4.92 Å². The van der Waals surface area contributed by atoms with E-state index in [1.54, 1.807) is 6.92 Å². The number of nitrogens with zero attached hydrogens (tertiary/aromatic N) is 4. The normalized spacial score (nSPS) is 10.4. The zero-order valence-corrected chi connectivity index (χ0v) is 11.9. The lowest BCUT2D eigenvalue weighted by molar-refractivity contribution is -0.385. The van der Waals surface area contributed by atoms with E-state index in [1.165, 1.54) is 35.4 Å². The van der Waals surface area contributed by atoms with Crippen LogP contribution in [0, 0.1) is 17.0 Å². The standard InChI is InChI=1S/C10H11N5O2S2/c1-3-11-8-4-7(15(16)17)5-9(13-8)18-10-12-6(2)14-19-10/h4-5H,3H2,1-2H3,(H,11,13). The van der Waals surface area contributed by atoms with Crippen LogP contribution < -0.4 is 5.32 Å². The first kappa shape index (κ1) is 13.7. The van der Waals surface area contributed by atoms with Gasteiger partial charge >= 0.3 is 0 Å². The van der Waals surface area contributed by atoms with Gasteiger partial charge in [0, 0.05) is 12.6 Å². The van der Waals surface area contributed by atoms with Crippen LogP contribution in [-0.2, 0) is 0 Å². The van der Waals surface area contributed by atoms with E-state index in [0.29, 0.717) is 27.6 Å². The quantitative estimate of drug-likeness (QED) is 0.669. The van der Waals surface area contributed by atoms with E-state index >= 15 is 0 Å². The van der Waals surface area contributed by atoms with Crippen molar-refractivity contribution in [3.8, 4) is 0 Å². The molecule has 0 spiro atoms. The Hall–Kier alpha value is -1.74. The Morgan fingerprint density at radius 1 is 1.47 bits per heavy atom. The molecule has 100 valence electrons. The molecule has 0 aliphatic rings. The largest absolute Gasteiger partial charge is 0.370 e. The Bertz CT molecular complexity index is 601. The van der Waals surface area contributed by atoms with Crippen LogP contribution in [-0.4, -0.2) is 25.8 Å². The molecule has 0 radical (unpaired) electrons. The molecule has 19 heavy (non-hydrogen) atoms. The SMILES string of the molecule is CCNc1cc([N+](=O)[O-])cc(Sc2nc(C)ns2)n1. The molecule has 0 atom stereocenters. The van der Waals surface area contributed by atoms with E-state index in [0.717, 1.165) is 0 Å². The first-order chi connectivity index (χ1) is 9.08. The number of pyridine rings is 1. The smallest absolute Gasteiger partial charge is 0.275 e. The third-order valence-corrected chi connectivity index (χ3v) is 3.82. The molecule has 7 nitrogen and oxygen atoms in total. The van der Waals surface area contributed by atoms with E-state index < -0.39 is 4.92 Å². The van der Waals surface area contributed by atoms with Crippen LogP contribution in [0.15, 0.2) is 21.5 Å². The van der Waals surface area contributed by atoms with Crippen molar-refractivity contribution in [3.63, 3.8) is 0 Å². The predicted octanol–water partition coefficient (Wildman–Crippen LogP) is 2.73. The molecule has 0 bridgehead atoms. The number of nitro groups is 1. The highest BCUT2D eigenvalue weighted by molar-refractivity contribution is 8.00. The second-order valence-electron chi connectivity index (χ2n) is 3.55. The molecule has 0 aliphatic heterocycles. The summed E-state index contributed by atoms with van der Waals surface area (Å²) in [5.74, 6) is 1.17. The Labute approximate surface area is 117 Å². The molecule has 2 heterocycles. The van der Waals surface area contributed by atoms with Crippen molar-refractivity contribution in [3.05, 3.63) is 28.1 Å². The van der Waals surface area contributed by atoms with Gasteiger partial charge in [0.05, 0.1) is 11.0 Å². The molecule has 0 saturated carbocycles. The summed E-state index contributed by atoms with van der Waals surface area (Å²) in [5, 5.41) is 14.4. The van der Waals surface area contributed by atoms with Gasteiger partial charge in [-0.05, 0) is 37.1 Å². The van der Waals surface area contributed by atoms with Crippen molar-refractivity contribution in [2.45, 2.75) is 23.2 Å². The minimum Gasteiger partial charge on any atom is -0.370 e. The first-order valence-electron chi connectivity index (χ1n) is 5.47. The molecular formula is C10H11N5O2S2. The van der Waals surface area contributed by atoms with Crippen LogP contribution in [0.2, 0.25) is 0 Å². The van der Waals surface area contributed by atoms with Gasteiger partial charge in [-0.15, -0.1) is 0 Å². The topological polar surface area (TPSA) is 93.8 Å². The molecular weight excluding hydrogens is 286 g/mol. The lowest BCUT2D eigenvalue weighted by Crippen LogP contribution is -2.01. The van der Waals surface area contributed by atoms with E-state index in [4.69, 9.17) is 0 Å². The van der Waals surface area contributed by atoms with E-state index in [1.807, 2.05) is 6.92 Å². The van der Waals surface area contributed by atoms with E-state index in [-0.39, 0.29) is 5.69 Å². The van der Waals surface area contributed by atoms with Gasteiger partial charge in [0.15, 0.2) is 4.34 Å². The van der Waals surface area contributed by atoms with Gasteiger partial charge in [-0.2, -0.15) is 4.37 Å². The molecule has 1 N–H and O–H groups in total. The lowest BCUT2D eigenvalue weighted by Gasteiger charge is -2.04. The molecule has 0 amide bonds. The number of rotatable bonds is 5. The molecule has 9 heteroatoms. The maximum Gasteiger partial charge on any atom is 0.275 e. The number of hydrogen-bond acceptors (Lipinski definition) is 8. The van der Waals surface area contributed by atoms with Crippen molar-refractivity contribution >= 4 is 34.8 Å². The second kappa shape index (κ2) is 5.93. The van der Waals surface area contributed by atoms with Gasteiger partial charge in [-0.25, -0.2) is 9.97 Å². The van der Waals surface area contributed by atoms with Gasteiger partial charge in [0.2, 0.25) is 0 Å². The summed E-state index contributed by atoms with van der Waals surface area (Å²) in [7, 11) is 0. The monoisotopic (exact) mass is 297 g/mol. The first-order valence-corrected chi connectivity index (χ1v) is 7.06. The van der Waals surface area contributed by atoms with Crippen LogP contribution >= 0.6 is 23.3 Å². The Morgan fingerprint density at radius 3 is 2.84 bits per heavy atom. The van der Waals surface area contributed by atoms with Gasteiger partial charge < -0.3 is 5.32 Å². The summed E-state index contributed by atoms with van der Waals surface area (Å²) in [6.45, 7) is 4.35. The average Bonchev–Trinajstić information content (AvgIpc) is 2.75. The molecule has 2 aromatic heterocycles. The van der Waals surface area contributed by atoms with Crippen molar-refractivity contribution in [2.24, 2.45) is 0 Å². The summed E-state index contributed by atoms with van der Waals surface area (Å²) in [4.78, 5) is 18.9. The number of hydrogen-bond donors (Lipinski definition) is 1. The summed E-state index contributed by atoms with van der Waals surface area (Å²) >= 11 is 2.52. The maximum atomic E-state index is 10.9. The van der Waals surface area contributed by atoms with Gasteiger partial charge in [0.25, 0.3) is 5.69 Å². The average molecular weight is 297 g/mol. The van der Waals surface area contributed by atoms with Crippen LogP contribution in [0.3, 0.4) is 0 Å². The highest BCUT2D eigenvalue weighted by atomic mass is 32.2. The zero-order chi connectivity index (χ0) is 13.8. The van der Waals surface area contributed by atoms with Crippen LogP contribution in [0.4, 0.5) is 11.5 Å². The predicted molar refractivity (Wildman–Crippen MR) is 73.8 cm³/mol. The Kier molecular flexibility index (Phi) is 4.27. The third-order valence-electron chi connectivity index (χ3n) is 2.06. The van der Waals surface area contributed by atoms with Crippen molar-refractivity contribution in [1.29, 1.82) is 0 Å². The summed E-state index contributed by atoms with van der Waals surface area (Å²) in [6.07, 6.45) is 0. The molecule has 0 fully saturated rings. The zero-order valence-electron chi connectivity index (χ0n) is 10.3. The number of aryl methyl sites for hydroxylation is 1. The Morgan fingerprint density at radius 2 is 2.26 bits per heavy atom. The number of aromatic nitrogens is 3. The summed E-state index contributed by atoms with van der Waals surface area (Å²) in [5.41, 5.74) is 0.00897. The molecule has 0 saturated heterocycles. The summed E-state index contributed by atoms with van der Waals surface area (Å²) < 4.78 is 4.78. The van der Waals surface area contributed by atoms with Gasteiger partial charge in [-0.1, -0.05) is 0 Å². The van der Waals surface area contributed by atoms with Crippen LogP contribution in [0.1, 0.15) is 12.7 Å². The molecule has 2 aromatic rings. The minimum absolute atomic E-state index is 0.00897. The molecule has 0 unspecified atom stereocenters. The maximum absolute atomic E-state index is 10.9. The van der Waals surface area contributed by atoms with Crippen molar-refractivity contribution in [1.82, 2.24) is 14.3 Å². The molecule has 0 aliphatic carbocycles. The van der Waals surface area contributed by atoms with E-state index in [2.05, 4.69) is 19.7 Å². The Balaban J connectivity index is 2.30. The molecule has 2 rings (SSSR count). The van der Waals surface area contributed by atoms with Crippen molar-refractivity contribution in [2.75, 3.05) is 11.9 Å². The third kappa shape index (κ3) is 3.61. The fourth-order valence-corrected chi connectivity index (χ4v) is 2.95. The molecule has 0 aromatic carbocycles. The fraction of sp³-hybridized carbons (Fsp3) is 0.300. The van der Waals surface area contributed by atoms with Gasteiger partial charge in [-0.3, -0.25) is 10.1 Å². The second-order valence-corrected chi connectivity index (χ2v) is 5.57. The fourth-order valence-electron chi connectivity index (χ4n) is 1.33. The van der Waals surface area contributed by atoms with Crippen LogP contribution in [0.25, 0.3) is 0 Å².